The molecule has 1 atom stereocenters. The standard InChI is InChI=1S/C16H18ClNO3/c1-3-21-16-7-4-11(8-14(16)17)18-10(2)13-6-5-12(19)9-15(13)20/h4-10,18-20H,3H2,1-2H3. The summed E-state index contributed by atoms with van der Waals surface area (Å²) in [6.07, 6.45) is 0. The number of anilines is 1. The summed E-state index contributed by atoms with van der Waals surface area (Å²) in [7, 11) is 0. The van der Waals surface area contributed by atoms with E-state index in [2.05, 4.69) is 5.32 Å². The molecular formula is C16H18ClNO3. The zero-order valence-corrected chi connectivity index (χ0v) is 12.7. The minimum absolute atomic E-state index is 0.0348. The monoisotopic (exact) mass is 307 g/mol. The molecule has 2 rings (SSSR count). The third-order valence-electron chi connectivity index (χ3n) is 3.10. The molecule has 0 aliphatic rings. The second kappa shape index (κ2) is 6.59. The highest BCUT2D eigenvalue weighted by Gasteiger charge is 2.12. The van der Waals surface area contributed by atoms with Gasteiger partial charge >= 0.3 is 0 Å². The van der Waals surface area contributed by atoms with E-state index < -0.39 is 0 Å². The third kappa shape index (κ3) is 3.73. The van der Waals surface area contributed by atoms with Crippen LogP contribution in [0.15, 0.2) is 36.4 Å². The molecule has 3 N–H and O–H groups in total. The zero-order valence-electron chi connectivity index (χ0n) is 11.9. The Balaban J connectivity index is 2.15. The number of phenols is 2. The third-order valence-corrected chi connectivity index (χ3v) is 3.39. The number of hydrogen-bond acceptors (Lipinski definition) is 4. The van der Waals surface area contributed by atoms with Crippen LogP contribution in [0.2, 0.25) is 5.02 Å². The summed E-state index contributed by atoms with van der Waals surface area (Å²) in [4.78, 5) is 0. The molecule has 0 aromatic heterocycles. The van der Waals surface area contributed by atoms with E-state index in [1.807, 2.05) is 19.9 Å². The molecule has 1 unspecified atom stereocenters. The van der Waals surface area contributed by atoms with Crippen LogP contribution >= 0.6 is 11.6 Å². The summed E-state index contributed by atoms with van der Waals surface area (Å²) in [5, 5.41) is 23.0. The maximum Gasteiger partial charge on any atom is 0.138 e. The molecule has 2 aromatic rings. The average Bonchev–Trinajstić information content (AvgIpc) is 2.41. The summed E-state index contributed by atoms with van der Waals surface area (Å²) >= 11 is 6.14. The Morgan fingerprint density at radius 3 is 2.57 bits per heavy atom. The highest BCUT2D eigenvalue weighted by molar-refractivity contribution is 6.32. The van der Waals surface area contributed by atoms with Crippen molar-refractivity contribution in [2.24, 2.45) is 0 Å². The number of nitrogens with one attached hydrogen (secondary N) is 1. The molecule has 0 heterocycles. The molecule has 0 bridgehead atoms. The lowest BCUT2D eigenvalue weighted by Gasteiger charge is -2.18. The van der Waals surface area contributed by atoms with Crippen LogP contribution in [0.5, 0.6) is 17.2 Å². The number of aromatic hydroxyl groups is 2. The van der Waals surface area contributed by atoms with Gasteiger partial charge in [0.05, 0.1) is 17.7 Å². The van der Waals surface area contributed by atoms with Crippen LogP contribution in [0, 0.1) is 0 Å². The smallest absolute Gasteiger partial charge is 0.138 e. The van der Waals surface area contributed by atoms with Crippen molar-refractivity contribution in [3.05, 3.63) is 47.0 Å². The normalized spacial score (nSPS) is 12.0. The van der Waals surface area contributed by atoms with Crippen molar-refractivity contribution < 1.29 is 14.9 Å². The molecule has 0 aliphatic heterocycles. The molecule has 5 heteroatoms. The van der Waals surface area contributed by atoms with Gasteiger partial charge in [0, 0.05) is 17.3 Å². The second-order valence-corrected chi connectivity index (χ2v) is 5.09. The van der Waals surface area contributed by atoms with E-state index in [4.69, 9.17) is 16.3 Å². The first-order valence-electron chi connectivity index (χ1n) is 6.72. The Morgan fingerprint density at radius 1 is 1.19 bits per heavy atom. The minimum Gasteiger partial charge on any atom is -0.508 e. The fourth-order valence-electron chi connectivity index (χ4n) is 2.09. The molecule has 0 aliphatic carbocycles. The van der Waals surface area contributed by atoms with Crippen LogP contribution in [0.1, 0.15) is 25.5 Å². The first-order valence-corrected chi connectivity index (χ1v) is 7.09. The lowest BCUT2D eigenvalue weighted by molar-refractivity contribution is 0.340. The molecule has 112 valence electrons. The Kier molecular flexibility index (Phi) is 4.81. The SMILES string of the molecule is CCOc1ccc(NC(C)c2ccc(O)cc2O)cc1Cl. The van der Waals surface area contributed by atoms with Crippen molar-refractivity contribution in [2.45, 2.75) is 19.9 Å². The maximum absolute atomic E-state index is 9.86. The van der Waals surface area contributed by atoms with Crippen LogP contribution < -0.4 is 10.1 Å². The maximum atomic E-state index is 9.86. The van der Waals surface area contributed by atoms with Crippen LogP contribution in [-0.2, 0) is 0 Å². The molecule has 0 spiro atoms. The van der Waals surface area contributed by atoms with Gasteiger partial charge in [0.2, 0.25) is 0 Å². The molecule has 0 fully saturated rings. The van der Waals surface area contributed by atoms with E-state index in [9.17, 15) is 10.2 Å². The Hall–Kier alpha value is -2.07. The van der Waals surface area contributed by atoms with Crippen LogP contribution in [0.25, 0.3) is 0 Å². The quantitative estimate of drug-likeness (QED) is 0.769. The zero-order chi connectivity index (χ0) is 15.4. The lowest BCUT2D eigenvalue weighted by Crippen LogP contribution is -2.07. The molecule has 4 nitrogen and oxygen atoms in total. The fraction of sp³-hybridized carbons (Fsp3) is 0.250. The van der Waals surface area contributed by atoms with E-state index in [0.29, 0.717) is 22.9 Å². The Morgan fingerprint density at radius 2 is 1.95 bits per heavy atom. The van der Waals surface area contributed by atoms with Gasteiger partial charge < -0.3 is 20.3 Å². The molecule has 2 aromatic carbocycles. The van der Waals surface area contributed by atoms with E-state index in [1.165, 1.54) is 6.07 Å². The van der Waals surface area contributed by atoms with Gasteiger partial charge in [-0.2, -0.15) is 0 Å². The first kappa shape index (κ1) is 15.3. The summed E-state index contributed by atoms with van der Waals surface area (Å²) in [5.74, 6) is 0.726. The summed E-state index contributed by atoms with van der Waals surface area (Å²) in [6, 6.07) is 9.85. The average molecular weight is 308 g/mol. The predicted molar refractivity (Wildman–Crippen MR) is 84.4 cm³/mol. The van der Waals surface area contributed by atoms with Crippen molar-refractivity contribution >= 4 is 17.3 Å². The van der Waals surface area contributed by atoms with Crippen molar-refractivity contribution in [2.75, 3.05) is 11.9 Å². The summed E-state index contributed by atoms with van der Waals surface area (Å²) < 4.78 is 5.39. The van der Waals surface area contributed by atoms with Crippen LogP contribution in [0.4, 0.5) is 5.69 Å². The van der Waals surface area contributed by atoms with Gasteiger partial charge in [-0.3, -0.25) is 0 Å². The molecule has 0 radical (unpaired) electrons. The molecule has 0 saturated heterocycles. The van der Waals surface area contributed by atoms with E-state index in [0.717, 1.165) is 5.69 Å². The van der Waals surface area contributed by atoms with E-state index in [1.54, 1.807) is 24.3 Å². The fourth-order valence-corrected chi connectivity index (χ4v) is 2.32. The lowest BCUT2D eigenvalue weighted by atomic mass is 10.1. The summed E-state index contributed by atoms with van der Waals surface area (Å²) in [5.41, 5.74) is 1.52. The highest BCUT2D eigenvalue weighted by Crippen LogP contribution is 2.32. The number of benzene rings is 2. The van der Waals surface area contributed by atoms with Gasteiger partial charge in [-0.05, 0) is 44.2 Å². The summed E-state index contributed by atoms with van der Waals surface area (Å²) in [6.45, 7) is 4.37. The number of halogens is 1. The molecule has 21 heavy (non-hydrogen) atoms. The van der Waals surface area contributed by atoms with Crippen molar-refractivity contribution in [3.8, 4) is 17.2 Å². The first-order chi connectivity index (χ1) is 10.0. The molecule has 0 saturated carbocycles. The van der Waals surface area contributed by atoms with Crippen molar-refractivity contribution in [1.82, 2.24) is 0 Å². The molecular weight excluding hydrogens is 290 g/mol. The Labute approximate surface area is 129 Å². The van der Waals surface area contributed by atoms with Crippen LogP contribution in [0.3, 0.4) is 0 Å². The van der Waals surface area contributed by atoms with Crippen molar-refractivity contribution in [1.29, 1.82) is 0 Å². The topological polar surface area (TPSA) is 61.7 Å². The van der Waals surface area contributed by atoms with Gasteiger partial charge in [0.25, 0.3) is 0 Å². The van der Waals surface area contributed by atoms with Crippen molar-refractivity contribution in [3.63, 3.8) is 0 Å². The van der Waals surface area contributed by atoms with Crippen LogP contribution in [-0.4, -0.2) is 16.8 Å². The second-order valence-electron chi connectivity index (χ2n) is 4.69. The number of phenolic OH excluding ortho intramolecular Hbond substituents is 2. The predicted octanol–water partition coefficient (Wildman–Crippen LogP) is 4.32. The van der Waals surface area contributed by atoms with Gasteiger partial charge in [-0.25, -0.2) is 0 Å². The number of hydrogen-bond donors (Lipinski definition) is 3. The number of ether oxygens (including phenoxy) is 1. The Bertz CT molecular complexity index is 631. The van der Waals surface area contributed by atoms with E-state index >= 15 is 0 Å². The van der Waals surface area contributed by atoms with Gasteiger partial charge in [-0.15, -0.1) is 0 Å². The number of rotatable bonds is 5. The van der Waals surface area contributed by atoms with Gasteiger partial charge in [0.15, 0.2) is 0 Å². The molecule has 0 amide bonds. The van der Waals surface area contributed by atoms with Gasteiger partial charge in [0.1, 0.15) is 17.2 Å². The van der Waals surface area contributed by atoms with Gasteiger partial charge in [-0.1, -0.05) is 11.6 Å². The highest BCUT2D eigenvalue weighted by atomic mass is 35.5. The minimum atomic E-state index is -0.139. The van der Waals surface area contributed by atoms with E-state index in [-0.39, 0.29) is 17.5 Å². The largest absolute Gasteiger partial charge is 0.508 e.